The molecule has 34 heavy (non-hydrogen) atoms. The molecule has 0 saturated heterocycles. The highest BCUT2D eigenvalue weighted by Crippen LogP contribution is 1.96. The molecule has 0 unspecified atom stereocenters. The first kappa shape index (κ1) is 28.8. The highest BCUT2D eigenvalue weighted by atomic mass is 35.5. The van der Waals surface area contributed by atoms with Crippen LogP contribution in [0.5, 0.6) is 0 Å². The number of halogens is 2. The fraction of sp³-hybridized carbons (Fsp3) is 0.0714. The van der Waals surface area contributed by atoms with E-state index in [4.69, 9.17) is 0 Å². The Morgan fingerprint density at radius 1 is 0.441 bits per heavy atom. The van der Waals surface area contributed by atoms with Gasteiger partial charge in [-0.15, -0.1) is 0 Å². The quantitative estimate of drug-likeness (QED) is 0.156. The summed E-state index contributed by atoms with van der Waals surface area (Å²) in [4.78, 5) is 0. The van der Waals surface area contributed by atoms with Crippen molar-refractivity contribution in [2.24, 2.45) is 10.2 Å². The Hall–Kier alpha value is -3.28. The number of nitrogens with zero attached hydrogens (tertiary/aromatic N) is 2. The lowest BCUT2D eigenvalue weighted by Crippen LogP contribution is -3.00. The van der Waals surface area contributed by atoms with Crippen molar-refractivity contribution in [3.63, 3.8) is 0 Å². The molecule has 6 heteroatoms. The molecule has 0 aromatic heterocycles. The monoisotopic (exact) mass is 492 g/mol. The first-order chi connectivity index (χ1) is 15.9. The average molecular weight is 493 g/mol. The van der Waals surface area contributed by atoms with Crippen molar-refractivity contribution in [3.05, 3.63) is 144 Å². The molecule has 176 valence electrons. The van der Waals surface area contributed by atoms with Crippen molar-refractivity contribution in [3.8, 4) is 0 Å². The highest BCUT2D eigenvalue weighted by molar-refractivity contribution is 5.79. The summed E-state index contributed by atoms with van der Waals surface area (Å²) in [6.07, 6.45) is 3.76. The third-order valence-electron chi connectivity index (χ3n) is 4.60. The third kappa shape index (κ3) is 12.1. The van der Waals surface area contributed by atoms with E-state index in [2.05, 4.69) is 34.5 Å². The summed E-state index contributed by atoms with van der Waals surface area (Å²) < 4.78 is 0. The van der Waals surface area contributed by atoms with Crippen LogP contribution in [0.4, 0.5) is 0 Å². The Bertz CT molecular complexity index is 970. The summed E-state index contributed by atoms with van der Waals surface area (Å²) in [7, 11) is 0. The molecular formula is C28H30Cl2N4. The molecule has 4 rings (SSSR count). The molecule has 0 spiro atoms. The normalized spacial score (nSPS) is 10.1. The molecule has 0 aliphatic heterocycles. The summed E-state index contributed by atoms with van der Waals surface area (Å²) >= 11 is 0. The van der Waals surface area contributed by atoms with Crippen LogP contribution in [-0.2, 0) is 13.1 Å². The van der Waals surface area contributed by atoms with Gasteiger partial charge in [-0.25, -0.2) is 10.9 Å². The Morgan fingerprint density at radius 3 is 1.06 bits per heavy atom. The Balaban J connectivity index is 0.000000321. The van der Waals surface area contributed by atoms with E-state index in [-0.39, 0.29) is 24.8 Å². The topological polar surface area (TPSA) is 57.9 Å². The van der Waals surface area contributed by atoms with Crippen molar-refractivity contribution in [1.29, 1.82) is 0 Å². The van der Waals surface area contributed by atoms with Crippen molar-refractivity contribution >= 4 is 12.4 Å². The SMILES string of the molecule is C(=N\[NH2+]Cc1ccccc1)/c1ccccc1.C(=N\[NH2+]Cc1ccccc1)/c1ccccc1.[Cl-].[Cl-]. The second kappa shape index (κ2) is 18.2. The summed E-state index contributed by atoms with van der Waals surface area (Å²) in [6, 6.07) is 40.9. The highest BCUT2D eigenvalue weighted by Gasteiger charge is 1.92. The molecule has 4 N–H and O–H groups in total. The van der Waals surface area contributed by atoms with Gasteiger partial charge in [0.25, 0.3) is 0 Å². The minimum Gasteiger partial charge on any atom is -1.00 e. The van der Waals surface area contributed by atoms with Gasteiger partial charge in [0.2, 0.25) is 0 Å². The van der Waals surface area contributed by atoms with Gasteiger partial charge in [0.05, 0.1) is 12.4 Å². The first-order valence-corrected chi connectivity index (χ1v) is 10.8. The summed E-state index contributed by atoms with van der Waals surface area (Å²) in [5.41, 5.74) is 8.70. The van der Waals surface area contributed by atoms with Gasteiger partial charge in [-0.1, -0.05) is 132 Å². The zero-order valence-electron chi connectivity index (χ0n) is 18.9. The second-order valence-electron chi connectivity index (χ2n) is 7.12. The van der Waals surface area contributed by atoms with Crippen LogP contribution >= 0.6 is 0 Å². The standard InChI is InChI=1S/2C14H14N2.2ClH/c2*1-3-7-13(8-4-1)11-15-16-12-14-9-5-2-6-10-14;;/h2*1-11,16H,12H2;2*1H/b2*15-11+;;. The number of rotatable bonds is 8. The van der Waals surface area contributed by atoms with E-state index in [1.165, 1.54) is 11.1 Å². The molecule has 0 saturated carbocycles. The molecule has 4 nitrogen and oxygen atoms in total. The van der Waals surface area contributed by atoms with Crippen LogP contribution in [0.1, 0.15) is 22.3 Å². The summed E-state index contributed by atoms with van der Waals surface area (Å²) in [6.45, 7) is 1.76. The lowest BCUT2D eigenvalue weighted by Gasteiger charge is -1.95. The maximum absolute atomic E-state index is 4.29. The smallest absolute Gasteiger partial charge is 0.125 e. The fourth-order valence-corrected chi connectivity index (χ4v) is 2.90. The molecule has 0 aliphatic rings. The maximum Gasteiger partial charge on any atom is 0.125 e. The Morgan fingerprint density at radius 2 is 0.735 bits per heavy atom. The van der Waals surface area contributed by atoms with E-state index in [9.17, 15) is 0 Å². The Labute approximate surface area is 214 Å². The van der Waals surface area contributed by atoms with E-state index < -0.39 is 0 Å². The van der Waals surface area contributed by atoms with E-state index in [1.807, 2.05) is 120 Å². The van der Waals surface area contributed by atoms with E-state index in [0.29, 0.717) is 0 Å². The van der Waals surface area contributed by atoms with Gasteiger partial charge in [-0.05, 0) is 11.1 Å². The summed E-state index contributed by atoms with van der Waals surface area (Å²) in [5, 5.41) is 8.57. The van der Waals surface area contributed by atoms with Gasteiger partial charge in [0.15, 0.2) is 0 Å². The van der Waals surface area contributed by atoms with E-state index >= 15 is 0 Å². The molecule has 0 bridgehead atoms. The van der Waals surface area contributed by atoms with Gasteiger partial charge in [0, 0.05) is 11.1 Å². The number of hydrogen-bond donors (Lipinski definition) is 2. The van der Waals surface area contributed by atoms with Crippen molar-refractivity contribution in [1.82, 2.24) is 0 Å². The predicted molar refractivity (Wildman–Crippen MR) is 132 cm³/mol. The summed E-state index contributed by atoms with van der Waals surface area (Å²) in [5.74, 6) is 0. The number of hydrogen-bond acceptors (Lipinski definition) is 2. The molecule has 0 heterocycles. The number of benzene rings is 4. The molecule has 0 aliphatic carbocycles. The maximum atomic E-state index is 4.29. The second-order valence-corrected chi connectivity index (χ2v) is 7.12. The first-order valence-electron chi connectivity index (χ1n) is 10.8. The van der Waals surface area contributed by atoms with Crippen LogP contribution in [0.25, 0.3) is 0 Å². The number of quaternary nitrogens is 2. The van der Waals surface area contributed by atoms with Gasteiger partial charge in [-0.3, -0.25) is 0 Å². The zero-order valence-corrected chi connectivity index (χ0v) is 20.4. The number of nitrogens with two attached hydrogens (primary N) is 2. The lowest BCUT2D eigenvalue weighted by atomic mass is 10.2. The Kier molecular flexibility index (Phi) is 15.4. The van der Waals surface area contributed by atoms with Crippen molar-refractivity contribution in [2.45, 2.75) is 13.1 Å². The molecular weight excluding hydrogens is 463 g/mol. The molecule has 0 radical (unpaired) electrons. The molecule has 0 atom stereocenters. The molecule has 0 fully saturated rings. The van der Waals surface area contributed by atoms with E-state index in [1.54, 1.807) is 0 Å². The molecule has 4 aromatic rings. The van der Waals surface area contributed by atoms with Crippen molar-refractivity contribution in [2.75, 3.05) is 0 Å². The van der Waals surface area contributed by atoms with Crippen LogP contribution in [0.2, 0.25) is 0 Å². The average Bonchev–Trinajstić information content (AvgIpc) is 2.88. The van der Waals surface area contributed by atoms with Crippen LogP contribution in [-0.4, -0.2) is 12.4 Å². The van der Waals surface area contributed by atoms with Crippen LogP contribution < -0.4 is 35.7 Å². The van der Waals surface area contributed by atoms with Gasteiger partial charge >= 0.3 is 0 Å². The van der Waals surface area contributed by atoms with E-state index in [0.717, 1.165) is 24.2 Å². The minimum absolute atomic E-state index is 0. The van der Waals surface area contributed by atoms with Crippen LogP contribution in [0.3, 0.4) is 0 Å². The predicted octanol–water partition coefficient (Wildman–Crippen LogP) is -2.42. The van der Waals surface area contributed by atoms with Crippen LogP contribution in [0, 0.1) is 0 Å². The fourth-order valence-electron chi connectivity index (χ4n) is 2.90. The van der Waals surface area contributed by atoms with Crippen molar-refractivity contribution < 1.29 is 35.7 Å². The third-order valence-corrected chi connectivity index (χ3v) is 4.60. The van der Waals surface area contributed by atoms with Gasteiger partial charge in [0.1, 0.15) is 13.1 Å². The minimum atomic E-state index is 0. The lowest BCUT2D eigenvalue weighted by molar-refractivity contribution is -0.676. The zero-order chi connectivity index (χ0) is 22.1. The van der Waals surface area contributed by atoms with Crippen LogP contribution in [0.15, 0.2) is 132 Å². The largest absolute Gasteiger partial charge is 1.00 e. The van der Waals surface area contributed by atoms with Gasteiger partial charge in [-0.2, -0.15) is 0 Å². The molecule has 4 aromatic carbocycles. The van der Waals surface area contributed by atoms with Gasteiger partial charge < -0.3 is 24.8 Å². The molecule has 0 amide bonds.